The van der Waals surface area contributed by atoms with Crippen molar-refractivity contribution in [2.75, 3.05) is 0 Å². The summed E-state index contributed by atoms with van der Waals surface area (Å²) < 4.78 is 187. The number of aryl methyl sites for hydroxylation is 14. The van der Waals surface area contributed by atoms with E-state index in [4.69, 9.17) is 30.2 Å². The molecule has 0 amide bonds. The molecule has 0 bridgehead atoms. The topological polar surface area (TPSA) is 19.4 Å². The second kappa shape index (κ2) is 34.1. The lowest BCUT2D eigenvalue weighted by molar-refractivity contribution is -0.661. The van der Waals surface area contributed by atoms with E-state index in [1.54, 1.807) is 103 Å². The van der Waals surface area contributed by atoms with Gasteiger partial charge in [0.25, 0.3) is 0 Å². The summed E-state index contributed by atoms with van der Waals surface area (Å²) in [7, 11) is 9.39. The standard InChI is InChI=1S/C20H28N.2C19H26N.C18H24N.C17H22N/c1-14-8-9-18(16(3)10-14)19-11-15(2)17(13-21(19)7)12-20(4,5)6;1-14-7-9-17(15(2)11-14)18-10-8-16(13-20(18)6)12-19(3,4)5;1-14-9-7-8-10-17(14)18-11-15(2)16(13-20(18)6)12-19(3,4)5;1-14-8-6-7-9-16(14)17-11-10-15(13-19(17)5)12-18(2,3)4;1-13(2)11-15-9-10-17(18(4)12-15)16-8-6-5-7-14(16)3/h8-11,13H,12H2,1-7H3;2*7-11,13H,12H2,1-6H3;6-11,13H,12H2,1-5H3;5-10,12-13H,11H2,1-4H3/q5*+1/i1D3,2D3,12D2;1D3,12D2;2D3,12D2;12D2;11D2. The highest BCUT2D eigenvalue weighted by Crippen LogP contribution is 2.31. The van der Waals surface area contributed by atoms with Gasteiger partial charge in [-0.25, -0.2) is 22.8 Å². The second-order valence-corrected chi connectivity index (χ2v) is 30.2. The summed E-state index contributed by atoms with van der Waals surface area (Å²) in [5.74, 6) is -0.0492. The van der Waals surface area contributed by atoms with Gasteiger partial charge in [-0.15, -0.1) is 0 Å². The van der Waals surface area contributed by atoms with Crippen molar-refractivity contribution in [2.45, 2.75) is 191 Å². The first kappa shape index (κ1) is 51.9. The Morgan fingerprint density at radius 1 is 0.306 bits per heavy atom. The van der Waals surface area contributed by atoms with E-state index in [0.29, 0.717) is 27.9 Å². The van der Waals surface area contributed by atoms with Crippen LogP contribution < -0.4 is 22.8 Å². The highest BCUT2D eigenvalue weighted by molar-refractivity contribution is 5.65. The molecule has 98 heavy (non-hydrogen) atoms. The summed E-state index contributed by atoms with van der Waals surface area (Å²) in [5.41, 5.74) is 15.0. The van der Waals surface area contributed by atoms with Gasteiger partial charge in [-0.3, -0.25) is 0 Å². The molecule has 0 aliphatic carbocycles. The van der Waals surface area contributed by atoms with Crippen molar-refractivity contribution in [3.05, 3.63) is 267 Å². The van der Waals surface area contributed by atoms with E-state index in [2.05, 4.69) is 38.1 Å². The minimum Gasteiger partial charge on any atom is -0.201 e. The van der Waals surface area contributed by atoms with Crippen LogP contribution in [0.15, 0.2) is 189 Å². The molecule has 5 nitrogen and oxygen atoms in total. The normalized spacial score (nSPS) is 16.1. The second-order valence-electron chi connectivity index (χ2n) is 30.2. The molecule has 0 saturated carbocycles. The molecule has 5 aromatic heterocycles. The van der Waals surface area contributed by atoms with Crippen LogP contribution in [0.2, 0.25) is 0 Å². The largest absolute Gasteiger partial charge is 0.212 e. The van der Waals surface area contributed by atoms with Gasteiger partial charge in [0.15, 0.2) is 31.0 Å². The van der Waals surface area contributed by atoms with Crippen LogP contribution in [0.25, 0.3) is 56.3 Å². The number of hydrogen-bond acceptors (Lipinski definition) is 0. The van der Waals surface area contributed by atoms with E-state index >= 15 is 0 Å². The molecular formula is C93H126N5+5. The minimum atomic E-state index is -2.50. The Morgan fingerprint density at radius 2 is 0.602 bits per heavy atom. The van der Waals surface area contributed by atoms with Gasteiger partial charge < -0.3 is 0 Å². The number of aromatic nitrogens is 5. The van der Waals surface area contributed by atoms with Gasteiger partial charge in [0.05, 0.1) is 0 Å². The van der Waals surface area contributed by atoms with Crippen molar-refractivity contribution in [3.8, 4) is 56.3 Å². The number of benzene rings is 5. The molecule has 10 rings (SSSR count). The summed E-state index contributed by atoms with van der Waals surface area (Å²) >= 11 is 0. The zero-order valence-corrected chi connectivity index (χ0v) is 63.2. The Bertz CT molecular complexity index is 5270. The van der Waals surface area contributed by atoms with E-state index in [1.165, 1.54) is 34.4 Å². The van der Waals surface area contributed by atoms with Crippen molar-refractivity contribution >= 4 is 0 Å². The summed E-state index contributed by atoms with van der Waals surface area (Å²) in [5, 5.41) is 0. The van der Waals surface area contributed by atoms with Crippen LogP contribution in [0, 0.1) is 89.6 Å². The van der Waals surface area contributed by atoms with Crippen LogP contribution >= 0.6 is 0 Å². The van der Waals surface area contributed by atoms with E-state index in [0.717, 1.165) is 56.2 Å². The SMILES string of the molecule is [2H]C([2H])([2H])c1cc(-c2ccccc2C)[n+](C)cc1C([2H])([2H])C(C)(C)C.[2H]C([2H])([2H])c1ccc(-c2cc(C([2H])([2H])[2H])c(C([2H])([2H])C(C)(C)C)c[n+]2C)c(C)c1.[2H]C([2H])([2H])c1ccc(-c2ccc(C([2H])([2H])C(C)(C)C)c[n+]2C)c(C)c1.[2H]C([2H])(c1ccc(-c2ccccc2C)[n+](C)c1)C(C)(C)C.[2H]C([2H])(c1ccc(-c2ccccc2C)[n+](C)c1)C(C)C. The highest BCUT2D eigenvalue weighted by Gasteiger charge is 2.24. The van der Waals surface area contributed by atoms with Crippen molar-refractivity contribution in [3.63, 3.8) is 0 Å². The van der Waals surface area contributed by atoms with Crippen LogP contribution in [0.5, 0.6) is 0 Å². The minimum absolute atomic E-state index is 0.0372. The van der Waals surface area contributed by atoms with Gasteiger partial charge in [-0.2, -0.15) is 0 Å². The summed E-state index contributed by atoms with van der Waals surface area (Å²) in [6.45, 7) is 26.5. The molecule has 0 N–H and O–H groups in total. The first-order chi connectivity index (χ1) is 54.4. The van der Waals surface area contributed by atoms with Gasteiger partial charge in [-0.05, 0) is 209 Å². The zero-order valence-electron chi connectivity index (χ0n) is 85.2. The maximum atomic E-state index is 8.59. The maximum Gasteiger partial charge on any atom is 0.212 e. The van der Waals surface area contributed by atoms with Crippen molar-refractivity contribution in [2.24, 2.45) is 62.8 Å². The molecule has 5 heteroatoms. The third-order valence-corrected chi connectivity index (χ3v) is 15.7. The molecule has 0 spiro atoms. The first-order valence-corrected chi connectivity index (χ1v) is 33.9. The Balaban J connectivity index is 0.000000234. The Labute approximate surface area is 627 Å². The fourth-order valence-electron chi connectivity index (χ4n) is 11.4. The lowest BCUT2D eigenvalue weighted by Crippen LogP contribution is -2.32. The molecule has 0 unspecified atom stereocenters. The fourth-order valence-corrected chi connectivity index (χ4v) is 11.4. The quantitative estimate of drug-likeness (QED) is 0.115. The number of nitrogens with zero attached hydrogens (tertiary/aromatic N) is 5. The number of rotatable bonds is 11. The lowest BCUT2D eigenvalue weighted by Gasteiger charge is -2.19. The Kier molecular flexibility index (Phi) is 18.1. The van der Waals surface area contributed by atoms with E-state index in [9.17, 15) is 0 Å². The van der Waals surface area contributed by atoms with E-state index in [-0.39, 0.29) is 33.7 Å². The van der Waals surface area contributed by atoms with Crippen LogP contribution in [0.1, 0.15) is 205 Å². The lowest BCUT2D eigenvalue weighted by atomic mass is 9.87. The van der Waals surface area contributed by atoms with Crippen molar-refractivity contribution in [1.29, 1.82) is 0 Å². The van der Waals surface area contributed by atoms with Gasteiger partial charge in [-0.1, -0.05) is 187 Å². The average Bonchev–Trinajstić information content (AvgIpc) is 0.736. The predicted octanol–water partition coefficient (Wildman–Crippen LogP) is 21.2. The fraction of sp³-hybridized carbons (Fsp3) is 0.409. The molecule has 0 saturated heterocycles. The smallest absolute Gasteiger partial charge is 0.201 e. The summed E-state index contributed by atoms with van der Waals surface area (Å²) in [6.07, 6.45) is 1.03. The van der Waals surface area contributed by atoms with Crippen LogP contribution in [-0.4, -0.2) is 0 Å². The third kappa shape index (κ3) is 24.1. The van der Waals surface area contributed by atoms with Gasteiger partial charge in [0, 0.05) is 116 Å². The molecule has 0 radical (unpaired) electrons. The molecule has 0 aliphatic rings. The van der Waals surface area contributed by atoms with Crippen molar-refractivity contribution < 1.29 is 53.0 Å². The van der Waals surface area contributed by atoms with E-state index in [1.807, 2.05) is 225 Å². The third-order valence-electron chi connectivity index (χ3n) is 15.7. The Morgan fingerprint density at radius 3 is 0.898 bits per heavy atom. The molecule has 10 aromatic rings. The molecule has 5 aromatic carbocycles. The van der Waals surface area contributed by atoms with Crippen LogP contribution in [0.3, 0.4) is 0 Å². The zero-order chi connectivity index (χ0) is 91.7. The number of pyridine rings is 5. The number of hydrogen-bond donors (Lipinski definition) is 0. The average molecular weight is 1340 g/mol. The molecule has 518 valence electrons. The van der Waals surface area contributed by atoms with Crippen LogP contribution in [-0.2, 0) is 67.1 Å². The highest BCUT2D eigenvalue weighted by atomic mass is 14.9. The Hall–Kier alpha value is -8.15. The predicted molar refractivity (Wildman–Crippen MR) is 419 cm³/mol. The molecular weight excluding hydrogens is 1190 g/mol. The van der Waals surface area contributed by atoms with Gasteiger partial charge in [0.2, 0.25) is 28.5 Å². The molecule has 0 fully saturated rings. The summed E-state index contributed by atoms with van der Waals surface area (Å²) in [6, 6.07) is 48.9. The van der Waals surface area contributed by atoms with Gasteiger partial charge >= 0.3 is 0 Å². The summed E-state index contributed by atoms with van der Waals surface area (Å²) in [4.78, 5) is 0. The van der Waals surface area contributed by atoms with Gasteiger partial charge in [0.1, 0.15) is 35.2 Å². The van der Waals surface area contributed by atoms with Crippen molar-refractivity contribution in [1.82, 2.24) is 0 Å². The monoisotopic (exact) mass is 1340 g/mol. The molecule has 0 atom stereocenters. The first-order valence-electron chi connectivity index (χ1n) is 44.9. The molecule has 5 heterocycles. The van der Waals surface area contributed by atoms with E-state index < -0.39 is 80.9 Å². The molecule has 0 aliphatic heterocycles. The maximum absolute atomic E-state index is 8.59. The van der Waals surface area contributed by atoms with Crippen LogP contribution in [0.4, 0.5) is 0 Å².